The molecule has 0 aliphatic carbocycles. The van der Waals surface area contributed by atoms with Gasteiger partial charge in [0.2, 0.25) is 0 Å². The minimum absolute atomic E-state index is 0.318. The second-order valence-corrected chi connectivity index (χ2v) is 3.87. The average molecular weight is 158 g/mol. The monoisotopic (exact) mass is 158 g/mol. The van der Waals surface area contributed by atoms with Crippen molar-refractivity contribution in [2.45, 2.75) is 33.6 Å². The molecule has 0 aliphatic heterocycles. The summed E-state index contributed by atoms with van der Waals surface area (Å²) >= 11 is 0. The van der Waals surface area contributed by atoms with Crippen LogP contribution in [0.1, 0.15) is 33.6 Å². The van der Waals surface area contributed by atoms with E-state index >= 15 is 0 Å². The van der Waals surface area contributed by atoms with Crippen molar-refractivity contribution in [3.63, 3.8) is 0 Å². The fourth-order valence-electron chi connectivity index (χ4n) is 1.61. The van der Waals surface area contributed by atoms with Crippen molar-refractivity contribution in [3.05, 3.63) is 0 Å². The number of rotatable bonds is 5. The Bertz CT molecular complexity index is 95.7. The Labute approximate surface area is 70.3 Å². The first-order valence-electron chi connectivity index (χ1n) is 4.48. The van der Waals surface area contributed by atoms with Crippen molar-refractivity contribution < 1.29 is 0 Å². The van der Waals surface area contributed by atoms with Crippen molar-refractivity contribution in [2.24, 2.45) is 22.8 Å². The highest BCUT2D eigenvalue weighted by Crippen LogP contribution is 2.31. The zero-order chi connectivity index (χ0) is 8.91. The maximum absolute atomic E-state index is 5.66. The molecule has 4 N–H and O–H groups in total. The first-order chi connectivity index (χ1) is 5.08. The predicted molar refractivity (Wildman–Crippen MR) is 50.3 cm³/mol. The summed E-state index contributed by atoms with van der Waals surface area (Å²) in [6, 6.07) is 0. The third kappa shape index (κ3) is 3.21. The molecule has 0 radical (unpaired) electrons. The van der Waals surface area contributed by atoms with Crippen LogP contribution in [-0.4, -0.2) is 13.1 Å². The Kier molecular flexibility index (Phi) is 4.69. The van der Waals surface area contributed by atoms with Gasteiger partial charge in [-0.05, 0) is 30.8 Å². The second kappa shape index (κ2) is 4.73. The van der Waals surface area contributed by atoms with Crippen LogP contribution in [0.4, 0.5) is 0 Å². The maximum atomic E-state index is 5.66. The van der Waals surface area contributed by atoms with Gasteiger partial charge in [-0.3, -0.25) is 0 Å². The van der Waals surface area contributed by atoms with Gasteiger partial charge in [-0.15, -0.1) is 0 Å². The van der Waals surface area contributed by atoms with Gasteiger partial charge in [-0.25, -0.2) is 0 Å². The lowest BCUT2D eigenvalue weighted by Gasteiger charge is -2.32. The van der Waals surface area contributed by atoms with E-state index in [9.17, 15) is 0 Å². The van der Waals surface area contributed by atoms with E-state index in [2.05, 4.69) is 20.8 Å². The SMILES string of the molecule is CCC(CN)C(C)(C)CCN. The van der Waals surface area contributed by atoms with Crippen LogP contribution in [0.2, 0.25) is 0 Å². The van der Waals surface area contributed by atoms with Gasteiger partial charge in [0, 0.05) is 0 Å². The molecular weight excluding hydrogens is 136 g/mol. The zero-order valence-corrected chi connectivity index (χ0v) is 8.06. The van der Waals surface area contributed by atoms with E-state index in [4.69, 9.17) is 11.5 Å². The molecule has 0 aromatic heterocycles. The zero-order valence-electron chi connectivity index (χ0n) is 8.06. The van der Waals surface area contributed by atoms with Gasteiger partial charge in [0.1, 0.15) is 0 Å². The van der Waals surface area contributed by atoms with Crippen LogP contribution in [0.5, 0.6) is 0 Å². The summed E-state index contributed by atoms with van der Waals surface area (Å²) in [7, 11) is 0. The molecule has 0 spiro atoms. The highest BCUT2D eigenvalue weighted by Gasteiger charge is 2.25. The molecule has 0 saturated heterocycles. The molecule has 68 valence electrons. The molecule has 1 atom stereocenters. The van der Waals surface area contributed by atoms with Gasteiger partial charge in [-0.2, -0.15) is 0 Å². The first-order valence-corrected chi connectivity index (χ1v) is 4.48. The maximum Gasteiger partial charge on any atom is -0.00439 e. The van der Waals surface area contributed by atoms with Crippen LogP contribution < -0.4 is 11.5 Å². The van der Waals surface area contributed by atoms with Crippen molar-refractivity contribution in [1.82, 2.24) is 0 Å². The highest BCUT2D eigenvalue weighted by molar-refractivity contribution is 4.78. The molecule has 11 heavy (non-hydrogen) atoms. The fraction of sp³-hybridized carbons (Fsp3) is 1.00. The number of hydrogen-bond acceptors (Lipinski definition) is 2. The van der Waals surface area contributed by atoms with Gasteiger partial charge in [0.25, 0.3) is 0 Å². The molecule has 0 fully saturated rings. The Hall–Kier alpha value is -0.0800. The lowest BCUT2D eigenvalue weighted by molar-refractivity contribution is 0.198. The van der Waals surface area contributed by atoms with E-state index in [1.165, 1.54) is 0 Å². The first kappa shape index (κ1) is 10.9. The van der Waals surface area contributed by atoms with Crippen LogP contribution >= 0.6 is 0 Å². The van der Waals surface area contributed by atoms with E-state index in [-0.39, 0.29) is 0 Å². The molecular formula is C9H22N2. The second-order valence-electron chi connectivity index (χ2n) is 3.87. The van der Waals surface area contributed by atoms with E-state index in [0.29, 0.717) is 11.3 Å². The molecule has 2 nitrogen and oxygen atoms in total. The smallest absolute Gasteiger partial charge is 0.00439 e. The molecule has 0 saturated carbocycles. The van der Waals surface area contributed by atoms with Gasteiger partial charge in [0.15, 0.2) is 0 Å². The minimum Gasteiger partial charge on any atom is -0.330 e. The van der Waals surface area contributed by atoms with Crippen molar-refractivity contribution in [2.75, 3.05) is 13.1 Å². The Morgan fingerprint density at radius 3 is 2.09 bits per heavy atom. The Morgan fingerprint density at radius 1 is 1.27 bits per heavy atom. The molecule has 0 aliphatic rings. The van der Waals surface area contributed by atoms with Gasteiger partial charge in [-0.1, -0.05) is 27.2 Å². The van der Waals surface area contributed by atoms with Crippen LogP contribution in [0.15, 0.2) is 0 Å². The fourth-order valence-corrected chi connectivity index (χ4v) is 1.61. The van der Waals surface area contributed by atoms with Crippen LogP contribution in [0, 0.1) is 11.3 Å². The molecule has 0 rings (SSSR count). The quantitative estimate of drug-likeness (QED) is 0.634. The third-order valence-corrected chi connectivity index (χ3v) is 2.67. The van der Waals surface area contributed by atoms with Crippen LogP contribution in [-0.2, 0) is 0 Å². The molecule has 0 aromatic rings. The summed E-state index contributed by atoms with van der Waals surface area (Å²) < 4.78 is 0. The summed E-state index contributed by atoms with van der Waals surface area (Å²) in [6.45, 7) is 8.24. The van der Waals surface area contributed by atoms with E-state index in [1.807, 2.05) is 0 Å². The number of hydrogen-bond donors (Lipinski definition) is 2. The van der Waals surface area contributed by atoms with Gasteiger partial charge < -0.3 is 11.5 Å². The predicted octanol–water partition coefficient (Wildman–Crippen LogP) is 1.35. The van der Waals surface area contributed by atoms with E-state index in [0.717, 1.165) is 25.9 Å². The van der Waals surface area contributed by atoms with Gasteiger partial charge in [0.05, 0.1) is 0 Å². The summed E-state index contributed by atoms with van der Waals surface area (Å²) in [5.41, 5.74) is 11.5. The lowest BCUT2D eigenvalue weighted by atomic mass is 9.75. The summed E-state index contributed by atoms with van der Waals surface area (Å²) in [4.78, 5) is 0. The molecule has 0 heterocycles. The van der Waals surface area contributed by atoms with Gasteiger partial charge >= 0.3 is 0 Å². The standard InChI is InChI=1S/C9H22N2/c1-4-8(7-11)9(2,3)5-6-10/h8H,4-7,10-11H2,1-3H3. The van der Waals surface area contributed by atoms with Crippen molar-refractivity contribution in [1.29, 1.82) is 0 Å². The van der Waals surface area contributed by atoms with Crippen molar-refractivity contribution >= 4 is 0 Å². The Balaban J connectivity index is 4.00. The summed E-state index contributed by atoms with van der Waals surface area (Å²) in [5.74, 6) is 0.617. The largest absolute Gasteiger partial charge is 0.330 e. The highest BCUT2D eigenvalue weighted by atomic mass is 14.6. The molecule has 0 aromatic carbocycles. The topological polar surface area (TPSA) is 52.0 Å². The normalized spacial score (nSPS) is 15.0. The molecule has 0 bridgehead atoms. The summed E-state index contributed by atoms with van der Waals surface area (Å²) in [5, 5.41) is 0. The number of nitrogens with two attached hydrogens (primary N) is 2. The van der Waals surface area contributed by atoms with E-state index < -0.39 is 0 Å². The Morgan fingerprint density at radius 2 is 1.82 bits per heavy atom. The molecule has 2 heteroatoms. The average Bonchev–Trinajstić information content (AvgIpc) is 1.89. The molecule has 0 amide bonds. The lowest BCUT2D eigenvalue weighted by Crippen LogP contribution is -2.32. The third-order valence-electron chi connectivity index (χ3n) is 2.67. The van der Waals surface area contributed by atoms with E-state index in [1.54, 1.807) is 0 Å². The van der Waals surface area contributed by atoms with Crippen LogP contribution in [0.3, 0.4) is 0 Å². The minimum atomic E-state index is 0.318. The summed E-state index contributed by atoms with van der Waals surface area (Å²) in [6.07, 6.45) is 2.23. The van der Waals surface area contributed by atoms with Crippen molar-refractivity contribution in [3.8, 4) is 0 Å². The molecule has 1 unspecified atom stereocenters. The van der Waals surface area contributed by atoms with Crippen LogP contribution in [0.25, 0.3) is 0 Å².